The molecular formula is C4H11ClFNO. The van der Waals surface area contributed by atoms with E-state index < -0.39 is 12.7 Å². The second-order valence-electron chi connectivity index (χ2n) is 1.37. The quantitative estimate of drug-likeness (QED) is 0.619. The lowest BCUT2D eigenvalue weighted by Gasteiger charge is -2.01. The van der Waals surface area contributed by atoms with Crippen molar-refractivity contribution in [3.63, 3.8) is 0 Å². The zero-order valence-corrected chi connectivity index (χ0v) is 5.58. The van der Waals surface area contributed by atoms with E-state index in [-0.39, 0.29) is 12.4 Å². The van der Waals surface area contributed by atoms with Gasteiger partial charge in [-0.25, -0.2) is 4.39 Å². The molecule has 0 aliphatic carbocycles. The molecule has 2 nitrogen and oxygen atoms in total. The Morgan fingerprint density at radius 2 is 2.25 bits per heavy atom. The third-order valence-corrected chi connectivity index (χ3v) is 0.579. The number of halogens is 2. The minimum Gasteiger partial charge on any atom is -0.383 e. The number of alkyl halides is 1. The lowest BCUT2D eigenvalue weighted by Crippen LogP contribution is -2.27. The summed E-state index contributed by atoms with van der Waals surface area (Å²) in [5.74, 6) is 0. The zero-order valence-electron chi connectivity index (χ0n) is 4.76. The first kappa shape index (κ1) is 11.0. The molecule has 0 aromatic heterocycles. The maximum atomic E-state index is 11.4. The Morgan fingerprint density at radius 3 is 2.38 bits per heavy atom. The van der Waals surface area contributed by atoms with Crippen LogP contribution in [0.1, 0.15) is 0 Å². The fourth-order valence-corrected chi connectivity index (χ4v) is 0.259. The third-order valence-electron chi connectivity index (χ3n) is 0.579. The number of hydrogen-bond acceptors (Lipinski definition) is 2. The molecule has 0 radical (unpaired) electrons. The van der Waals surface area contributed by atoms with Gasteiger partial charge in [-0.2, -0.15) is 0 Å². The summed E-state index contributed by atoms with van der Waals surface area (Å²) in [6.45, 7) is -0.204. The highest BCUT2D eigenvalue weighted by Crippen LogP contribution is 1.78. The number of methoxy groups -OCH3 is 1. The van der Waals surface area contributed by atoms with Crippen LogP contribution in [0.5, 0.6) is 0 Å². The maximum absolute atomic E-state index is 11.4. The number of ether oxygens (including phenoxy) is 1. The molecule has 0 fully saturated rings. The Kier molecular flexibility index (Phi) is 9.82. The number of nitrogens with two attached hydrogens (primary N) is 1. The van der Waals surface area contributed by atoms with E-state index in [1.54, 1.807) is 0 Å². The van der Waals surface area contributed by atoms with Crippen molar-refractivity contribution in [1.82, 2.24) is 0 Å². The molecule has 0 aliphatic rings. The highest BCUT2D eigenvalue weighted by molar-refractivity contribution is 5.85. The van der Waals surface area contributed by atoms with Crippen molar-refractivity contribution in [2.24, 2.45) is 5.73 Å². The van der Waals surface area contributed by atoms with E-state index in [1.165, 1.54) is 7.11 Å². The summed E-state index contributed by atoms with van der Waals surface area (Å²) >= 11 is 0. The zero-order chi connectivity index (χ0) is 5.70. The van der Waals surface area contributed by atoms with Crippen molar-refractivity contribution in [2.45, 2.75) is 6.04 Å². The van der Waals surface area contributed by atoms with E-state index in [0.717, 1.165) is 0 Å². The van der Waals surface area contributed by atoms with Gasteiger partial charge in [0.05, 0.1) is 12.6 Å². The SMILES string of the molecule is COC[C@H](N)CF.Cl. The van der Waals surface area contributed by atoms with Gasteiger partial charge in [0, 0.05) is 7.11 Å². The molecule has 4 heteroatoms. The average molecular weight is 144 g/mol. The molecule has 0 aromatic rings. The Balaban J connectivity index is 0. The van der Waals surface area contributed by atoms with Crippen LogP contribution in [0.4, 0.5) is 4.39 Å². The maximum Gasteiger partial charge on any atom is 0.107 e. The Labute approximate surface area is 54.6 Å². The minimum absolute atomic E-state index is 0. The number of hydrogen-bond donors (Lipinski definition) is 1. The molecular weight excluding hydrogens is 133 g/mol. The van der Waals surface area contributed by atoms with Crippen LogP contribution < -0.4 is 5.73 Å². The molecule has 1 atom stereocenters. The van der Waals surface area contributed by atoms with Gasteiger partial charge in [0.25, 0.3) is 0 Å². The fraction of sp³-hybridized carbons (Fsp3) is 1.00. The van der Waals surface area contributed by atoms with E-state index in [2.05, 4.69) is 4.74 Å². The van der Waals surface area contributed by atoms with Crippen LogP contribution >= 0.6 is 12.4 Å². The van der Waals surface area contributed by atoms with Crippen molar-refractivity contribution in [3.8, 4) is 0 Å². The molecule has 52 valence electrons. The van der Waals surface area contributed by atoms with E-state index in [4.69, 9.17) is 5.73 Å². The summed E-state index contributed by atoms with van der Waals surface area (Å²) in [6, 6.07) is -0.440. The van der Waals surface area contributed by atoms with Crippen molar-refractivity contribution < 1.29 is 9.13 Å². The van der Waals surface area contributed by atoms with Crippen LogP contribution in [0, 0.1) is 0 Å². The Bertz CT molecular complexity index is 47.0. The minimum atomic E-state index is -0.506. The first-order valence-electron chi connectivity index (χ1n) is 2.11. The molecule has 0 aliphatic heterocycles. The van der Waals surface area contributed by atoms with Gasteiger partial charge in [0.1, 0.15) is 6.67 Å². The molecule has 0 amide bonds. The van der Waals surface area contributed by atoms with Crippen LogP contribution in [-0.4, -0.2) is 26.4 Å². The molecule has 0 rings (SSSR count). The van der Waals surface area contributed by atoms with Gasteiger partial charge in [0.2, 0.25) is 0 Å². The van der Waals surface area contributed by atoms with Crippen LogP contribution in [0.25, 0.3) is 0 Å². The lowest BCUT2D eigenvalue weighted by molar-refractivity contribution is 0.168. The topological polar surface area (TPSA) is 35.2 Å². The van der Waals surface area contributed by atoms with Gasteiger partial charge < -0.3 is 10.5 Å². The standard InChI is InChI=1S/C4H10FNO.ClH/c1-7-3-4(6)2-5;/h4H,2-3,6H2,1H3;1H/t4-;/m1./s1. The van der Waals surface area contributed by atoms with Crippen LogP contribution in [0.3, 0.4) is 0 Å². The molecule has 8 heavy (non-hydrogen) atoms. The van der Waals surface area contributed by atoms with Gasteiger partial charge in [-0.15, -0.1) is 12.4 Å². The first-order chi connectivity index (χ1) is 3.31. The highest BCUT2D eigenvalue weighted by atomic mass is 35.5. The van der Waals surface area contributed by atoms with E-state index in [0.29, 0.717) is 6.61 Å². The molecule has 0 saturated heterocycles. The monoisotopic (exact) mass is 143 g/mol. The smallest absolute Gasteiger partial charge is 0.107 e. The second kappa shape index (κ2) is 7.14. The predicted molar refractivity (Wildman–Crippen MR) is 33.1 cm³/mol. The molecule has 0 spiro atoms. The molecule has 0 unspecified atom stereocenters. The molecule has 0 bridgehead atoms. The van der Waals surface area contributed by atoms with Gasteiger partial charge in [0.15, 0.2) is 0 Å². The summed E-state index contributed by atoms with van der Waals surface area (Å²) in [6.07, 6.45) is 0. The molecule has 0 heterocycles. The van der Waals surface area contributed by atoms with E-state index in [9.17, 15) is 4.39 Å². The summed E-state index contributed by atoms with van der Waals surface area (Å²) in [7, 11) is 1.50. The van der Waals surface area contributed by atoms with Crippen LogP contribution in [0.15, 0.2) is 0 Å². The average Bonchev–Trinajstić information content (AvgIpc) is 1.68. The lowest BCUT2D eigenvalue weighted by atomic mass is 10.4. The molecule has 2 N–H and O–H groups in total. The van der Waals surface area contributed by atoms with Crippen molar-refractivity contribution >= 4 is 12.4 Å². The van der Waals surface area contributed by atoms with Gasteiger partial charge in [-0.1, -0.05) is 0 Å². The van der Waals surface area contributed by atoms with Gasteiger partial charge in [-0.3, -0.25) is 0 Å². The van der Waals surface area contributed by atoms with Gasteiger partial charge in [-0.05, 0) is 0 Å². The van der Waals surface area contributed by atoms with E-state index >= 15 is 0 Å². The summed E-state index contributed by atoms with van der Waals surface area (Å²) in [5.41, 5.74) is 5.08. The fourth-order valence-electron chi connectivity index (χ4n) is 0.259. The number of rotatable bonds is 3. The Morgan fingerprint density at radius 1 is 1.75 bits per heavy atom. The summed E-state index contributed by atoms with van der Waals surface area (Å²) < 4.78 is 15.9. The van der Waals surface area contributed by atoms with Crippen LogP contribution in [-0.2, 0) is 4.74 Å². The largest absolute Gasteiger partial charge is 0.383 e. The summed E-state index contributed by atoms with van der Waals surface area (Å²) in [4.78, 5) is 0. The normalized spacial score (nSPS) is 12.4. The third kappa shape index (κ3) is 6.14. The van der Waals surface area contributed by atoms with Crippen molar-refractivity contribution in [3.05, 3.63) is 0 Å². The summed E-state index contributed by atoms with van der Waals surface area (Å²) in [5, 5.41) is 0. The highest BCUT2D eigenvalue weighted by Gasteiger charge is 1.96. The van der Waals surface area contributed by atoms with Crippen molar-refractivity contribution in [1.29, 1.82) is 0 Å². The molecule has 0 saturated carbocycles. The molecule has 0 aromatic carbocycles. The van der Waals surface area contributed by atoms with Gasteiger partial charge >= 0.3 is 0 Å². The van der Waals surface area contributed by atoms with Crippen LogP contribution in [0.2, 0.25) is 0 Å². The van der Waals surface area contributed by atoms with Crippen molar-refractivity contribution in [2.75, 3.05) is 20.4 Å². The Hall–Kier alpha value is 0.140. The van der Waals surface area contributed by atoms with E-state index in [1.807, 2.05) is 0 Å². The first-order valence-corrected chi connectivity index (χ1v) is 2.11. The second-order valence-corrected chi connectivity index (χ2v) is 1.37. The predicted octanol–water partition coefficient (Wildman–Crippen LogP) is 0.351.